The predicted molar refractivity (Wildman–Crippen MR) is 48.7 cm³/mol. The van der Waals surface area contributed by atoms with Crippen molar-refractivity contribution in [2.45, 2.75) is 24.6 Å². The van der Waals surface area contributed by atoms with Gasteiger partial charge in [-0.15, -0.1) is 33.4 Å². The van der Waals surface area contributed by atoms with E-state index in [2.05, 4.69) is 10.2 Å². The lowest BCUT2D eigenvalue weighted by Gasteiger charge is -2.05. The number of rotatable bonds is 2. The fourth-order valence-corrected chi connectivity index (χ4v) is 1.16. The zero-order valence-electron chi connectivity index (χ0n) is 6.83. The fourth-order valence-electron chi connectivity index (χ4n) is 0.859. The Balaban J connectivity index is 3.04. The SMILES string of the molecule is C[C@@H](Cl)c1nnc([C@@H](C)Cl)n1N. The first kappa shape index (κ1) is 9.61. The molecule has 68 valence electrons. The Hall–Kier alpha value is -0.480. The number of nitrogens with zero attached hydrogens (tertiary/aromatic N) is 3. The van der Waals surface area contributed by atoms with Gasteiger partial charge in [0.05, 0.1) is 10.8 Å². The van der Waals surface area contributed by atoms with E-state index in [4.69, 9.17) is 29.0 Å². The number of halogens is 2. The summed E-state index contributed by atoms with van der Waals surface area (Å²) in [5.41, 5.74) is 0. The highest BCUT2D eigenvalue weighted by Gasteiger charge is 2.16. The maximum atomic E-state index is 5.78. The minimum atomic E-state index is -0.258. The summed E-state index contributed by atoms with van der Waals surface area (Å²) in [6.45, 7) is 3.55. The van der Waals surface area contributed by atoms with Crippen molar-refractivity contribution in [1.29, 1.82) is 0 Å². The van der Waals surface area contributed by atoms with E-state index in [1.54, 1.807) is 13.8 Å². The van der Waals surface area contributed by atoms with E-state index in [0.717, 1.165) is 0 Å². The van der Waals surface area contributed by atoms with E-state index in [9.17, 15) is 0 Å². The lowest BCUT2D eigenvalue weighted by atomic mass is 10.4. The molecule has 1 aromatic heterocycles. The van der Waals surface area contributed by atoms with Gasteiger partial charge in [0.2, 0.25) is 0 Å². The van der Waals surface area contributed by atoms with Crippen LogP contribution in [-0.4, -0.2) is 14.9 Å². The van der Waals surface area contributed by atoms with Crippen LogP contribution in [0.3, 0.4) is 0 Å². The minimum absolute atomic E-state index is 0.258. The highest BCUT2D eigenvalue weighted by atomic mass is 35.5. The molecular formula is C6H10Cl2N4. The lowest BCUT2D eigenvalue weighted by Crippen LogP contribution is -2.16. The third-order valence-electron chi connectivity index (χ3n) is 1.46. The van der Waals surface area contributed by atoms with Crippen molar-refractivity contribution >= 4 is 23.2 Å². The van der Waals surface area contributed by atoms with Gasteiger partial charge in [-0.05, 0) is 13.8 Å². The van der Waals surface area contributed by atoms with Gasteiger partial charge in [0.1, 0.15) is 0 Å². The molecule has 0 spiro atoms. The molecule has 0 bridgehead atoms. The molecule has 6 heteroatoms. The minimum Gasteiger partial charge on any atom is -0.336 e. The lowest BCUT2D eigenvalue weighted by molar-refractivity contribution is 0.787. The summed E-state index contributed by atoms with van der Waals surface area (Å²) in [7, 11) is 0. The largest absolute Gasteiger partial charge is 0.336 e. The molecule has 0 aromatic carbocycles. The van der Waals surface area contributed by atoms with Crippen molar-refractivity contribution in [1.82, 2.24) is 14.9 Å². The Labute approximate surface area is 80.6 Å². The van der Waals surface area contributed by atoms with E-state index in [1.165, 1.54) is 4.68 Å². The standard InChI is InChI=1S/C6H10Cl2N4/c1-3(7)5-10-11-6(4(2)8)12(5)9/h3-4H,9H2,1-2H3/t3-,4-/m1/s1. The van der Waals surface area contributed by atoms with Crippen LogP contribution in [-0.2, 0) is 0 Å². The first-order valence-electron chi connectivity index (χ1n) is 3.52. The van der Waals surface area contributed by atoms with E-state index < -0.39 is 0 Å². The van der Waals surface area contributed by atoms with Crippen molar-refractivity contribution in [2.24, 2.45) is 0 Å². The number of hydrogen-bond donors (Lipinski definition) is 1. The Bertz CT molecular complexity index is 243. The first-order valence-corrected chi connectivity index (χ1v) is 4.39. The maximum Gasteiger partial charge on any atom is 0.169 e. The van der Waals surface area contributed by atoms with Crippen LogP contribution < -0.4 is 5.84 Å². The van der Waals surface area contributed by atoms with Crippen LogP contribution in [0.5, 0.6) is 0 Å². The van der Waals surface area contributed by atoms with Crippen molar-refractivity contribution in [2.75, 3.05) is 5.84 Å². The zero-order valence-corrected chi connectivity index (χ0v) is 8.34. The third kappa shape index (κ3) is 1.64. The molecule has 2 atom stereocenters. The molecule has 1 aromatic rings. The van der Waals surface area contributed by atoms with Gasteiger partial charge in [0, 0.05) is 0 Å². The molecule has 0 amide bonds. The molecule has 1 rings (SSSR count). The van der Waals surface area contributed by atoms with Gasteiger partial charge in [-0.1, -0.05) is 0 Å². The average molecular weight is 209 g/mol. The second kappa shape index (κ2) is 3.49. The molecule has 0 aliphatic rings. The Kier molecular flexibility index (Phi) is 2.80. The molecule has 0 aliphatic heterocycles. The van der Waals surface area contributed by atoms with Crippen LogP contribution in [0, 0.1) is 0 Å². The number of aromatic nitrogens is 3. The summed E-state index contributed by atoms with van der Waals surface area (Å²) in [4.78, 5) is 0. The Morgan fingerprint density at radius 3 is 1.67 bits per heavy atom. The van der Waals surface area contributed by atoms with Gasteiger partial charge in [0.15, 0.2) is 11.6 Å². The Morgan fingerprint density at radius 1 is 1.17 bits per heavy atom. The molecule has 0 saturated carbocycles. The molecule has 0 aliphatic carbocycles. The molecule has 0 unspecified atom stereocenters. The summed E-state index contributed by atoms with van der Waals surface area (Å²) >= 11 is 11.6. The molecule has 0 fully saturated rings. The number of hydrogen-bond acceptors (Lipinski definition) is 3. The normalized spacial score (nSPS) is 16.0. The number of alkyl halides is 2. The van der Waals surface area contributed by atoms with Crippen molar-refractivity contribution < 1.29 is 0 Å². The Morgan fingerprint density at radius 2 is 1.50 bits per heavy atom. The zero-order chi connectivity index (χ0) is 9.30. The predicted octanol–water partition coefficient (Wildman–Crippen LogP) is 1.59. The van der Waals surface area contributed by atoms with Crippen LogP contribution >= 0.6 is 23.2 Å². The molecule has 1 heterocycles. The van der Waals surface area contributed by atoms with Gasteiger partial charge in [-0.25, -0.2) is 4.68 Å². The van der Waals surface area contributed by atoms with E-state index in [-0.39, 0.29) is 10.8 Å². The van der Waals surface area contributed by atoms with Crippen molar-refractivity contribution in [3.05, 3.63) is 11.6 Å². The van der Waals surface area contributed by atoms with Crippen molar-refractivity contribution in [3.8, 4) is 0 Å². The summed E-state index contributed by atoms with van der Waals surface area (Å²) in [6, 6.07) is 0. The highest BCUT2D eigenvalue weighted by Crippen LogP contribution is 2.21. The molecule has 0 saturated heterocycles. The van der Waals surface area contributed by atoms with Gasteiger partial charge in [-0.3, -0.25) is 0 Å². The third-order valence-corrected chi connectivity index (χ3v) is 1.85. The van der Waals surface area contributed by atoms with Crippen LogP contribution in [0.15, 0.2) is 0 Å². The number of nitrogen functional groups attached to an aromatic ring is 1. The fraction of sp³-hybridized carbons (Fsp3) is 0.667. The van der Waals surface area contributed by atoms with Crippen LogP contribution in [0.2, 0.25) is 0 Å². The second-order valence-corrected chi connectivity index (χ2v) is 3.83. The van der Waals surface area contributed by atoms with Gasteiger partial charge < -0.3 is 5.84 Å². The topological polar surface area (TPSA) is 56.7 Å². The van der Waals surface area contributed by atoms with Crippen molar-refractivity contribution in [3.63, 3.8) is 0 Å². The molecular weight excluding hydrogens is 199 g/mol. The summed E-state index contributed by atoms with van der Waals surface area (Å²) in [6.07, 6.45) is 0. The van der Waals surface area contributed by atoms with Gasteiger partial charge in [0.25, 0.3) is 0 Å². The average Bonchev–Trinajstić information content (AvgIpc) is 2.30. The van der Waals surface area contributed by atoms with Crippen LogP contribution in [0.1, 0.15) is 36.3 Å². The summed E-state index contributed by atoms with van der Waals surface area (Å²) < 4.78 is 1.33. The molecule has 0 radical (unpaired) electrons. The van der Waals surface area contributed by atoms with E-state index in [0.29, 0.717) is 11.6 Å². The first-order chi connectivity index (χ1) is 5.54. The summed E-state index contributed by atoms with van der Waals surface area (Å²) in [5.74, 6) is 6.68. The maximum absolute atomic E-state index is 5.78. The second-order valence-electron chi connectivity index (χ2n) is 2.52. The molecule has 12 heavy (non-hydrogen) atoms. The van der Waals surface area contributed by atoms with Crippen LogP contribution in [0.25, 0.3) is 0 Å². The van der Waals surface area contributed by atoms with E-state index in [1.807, 2.05) is 0 Å². The smallest absolute Gasteiger partial charge is 0.169 e. The quantitative estimate of drug-likeness (QED) is 0.594. The summed E-state index contributed by atoms with van der Waals surface area (Å²) in [5, 5.41) is 7.10. The van der Waals surface area contributed by atoms with E-state index >= 15 is 0 Å². The monoisotopic (exact) mass is 208 g/mol. The highest BCUT2D eigenvalue weighted by molar-refractivity contribution is 6.20. The molecule has 4 nitrogen and oxygen atoms in total. The van der Waals surface area contributed by atoms with Gasteiger partial charge in [-0.2, -0.15) is 0 Å². The molecule has 2 N–H and O–H groups in total. The number of nitrogens with two attached hydrogens (primary N) is 1. The van der Waals surface area contributed by atoms with Crippen LogP contribution in [0.4, 0.5) is 0 Å². The van der Waals surface area contributed by atoms with Gasteiger partial charge >= 0.3 is 0 Å².